The zero-order valence-electron chi connectivity index (χ0n) is 10.0. The van der Waals surface area contributed by atoms with Crippen molar-refractivity contribution in [2.24, 2.45) is 0 Å². The third-order valence-corrected chi connectivity index (χ3v) is 2.67. The van der Waals surface area contributed by atoms with E-state index in [2.05, 4.69) is 11.2 Å². The summed E-state index contributed by atoms with van der Waals surface area (Å²) in [6.07, 6.45) is 1.38. The van der Waals surface area contributed by atoms with E-state index >= 15 is 0 Å². The molecule has 2 rings (SSSR count). The summed E-state index contributed by atoms with van der Waals surface area (Å²) < 4.78 is 4.87. The van der Waals surface area contributed by atoms with Crippen molar-refractivity contribution < 1.29 is 9.32 Å². The highest BCUT2D eigenvalue weighted by Crippen LogP contribution is 2.21. The second-order valence-corrected chi connectivity index (χ2v) is 3.79. The highest BCUT2D eigenvalue weighted by Gasteiger charge is 2.20. The smallest absolute Gasteiger partial charge is 0.263 e. The van der Waals surface area contributed by atoms with Crippen LogP contribution in [-0.4, -0.2) is 18.1 Å². The number of carbonyl (C=O) groups excluding carboxylic acids is 1. The monoisotopic (exact) mass is 241 g/mol. The maximum atomic E-state index is 12.2. The van der Waals surface area contributed by atoms with E-state index in [0.29, 0.717) is 22.6 Å². The number of hydrogen-bond acceptors (Lipinski definition) is 4. The fraction of sp³-hybridized carbons (Fsp3) is 0.154. The van der Waals surface area contributed by atoms with Crippen LogP contribution < -0.4 is 4.90 Å². The maximum absolute atomic E-state index is 12.2. The van der Waals surface area contributed by atoms with Crippen molar-refractivity contribution >= 4 is 11.6 Å². The van der Waals surface area contributed by atoms with Crippen LogP contribution >= 0.6 is 0 Å². The Balaban J connectivity index is 2.38. The lowest BCUT2D eigenvalue weighted by atomic mass is 10.1. The number of aryl methyl sites for hydroxylation is 1. The molecule has 0 fully saturated rings. The highest BCUT2D eigenvalue weighted by molar-refractivity contribution is 6.06. The van der Waals surface area contributed by atoms with Crippen molar-refractivity contribution in [3.05, 3.63) is 47.3 Å². The van der Waals surface area contributed by atoms with E-state index in [1.165, 1.54) is 11.1 Å². The molecular formula is C13H11N3O2. The first-order chi connectivity index (χ1) is 8.65. The summed E-state index contributed by atoms with van der Waals surface area (Å²) in [5.74, 6) is 0.206. The molecule has 18 heavy (non-hydrogen) atoms. The third-order valence-electron chi connectivity index (χ3n) is 2.67. The van der Waals surface area contributed by atoms with Gasteiger partial charge in [0.25, 0.3) is 5.91 Å². The summed E-state index contributed by atoms with van der Waals surface area (Å²) in [6, 6.07) is 8.98. The SMILES string of the molecule is Cc1oncc1C(=O)N(C)c1ccccc1C#N. The lowest BCUT2D eigenvalue weighted by molar-refractivity contribution is 0.0991. The molecule has 0 saturated heterocycles. The quantitative estimate of drug-likeness (QED) is 0.807. The van der Waals surface area contributed by atoms with E-state index in [-0.39, 0.29) is 5.91 Å². The second kappa shape index (κ2) is 4.72. The van der Waals surface area contributed by atoms with Gasteiger partial charge in [0.2, 0.25) is 0 Å². The average molecular weight is 241 g/mol. The minimum Gasteiger partial charge on any atom is -0.361 e. The normalized spacial score (nSPS) is 9.83. The average Bonchev–Trinajstić information content (AvgIpc) is 2.83. The first-order valence-corrected chi connectivity index (χ1v) is 5.33. The molecular weight excluding hydrogens is 230 g/mol. The van der Waals surface area contributed by atoms with Gasteiger partial charge < -0.3 is 9.42 Å². The van der Waals surface area contributed by atoms with Crippen LogP contribution in [0.3, 0.4) is 0 Å². The first-order valence-electron chi connectivity index (χ1n) is 5.33. The van der Waals surface area contributed by atoms with E-state index in [9.17, 15) is 4.79 Å². The van der Waals surface area contributed by atoms with Gasteiger partial charge in [-0.15, -0.1) is 0 Å². The van der Waals surface area contributed by atoms with Crippen molar-refractivity contribution in [1.29, 1.82) is 5.26 Å². The number of aromatic nitrogens is 1. The summed E-state index contributed by atoms with van der Waals surface area (Å²) in [7, 11) is 1.62. The fourth-order valence-electron chi connectivity index (χ4n) is 1.65. The molecule has 2 aromatic rings. The predicted octanol–water partition coefficient (Wildman–Crippen LogP) is 2.13. The van der Waals surface area contributed by atoms with Gasteiger partial charge in [0, 0.05) is 7.05 Å². The van der Waals surface area contributed by atoms with Gasteiger partial charge in [0.15, 0.2) is 0 Å². The predicted molar refractivity (Wildman–Crippen MR) is 65.1 cm³/mol. The van der Waals surface area contributed by atoms with E-state index in [1.54, 1.807) is 38.2 Å². The van der Waals surface area contributed by atoms with Gasteiger partial charge in [-0.3, -0.25) is 4.79 Å². The molecule has 5 heteroatoms. The van der Waals surface area contributed by atoms with Gasteiger partial charge in [-0.1, -0.05) is 17.3 Å². The molecule has 5 nitrogen and oxygen atoms in total. The standard InChI is InChI=1S/C13H11N3O2/c1-9-11(8-15-18-9)13(17)16(2)12-6-4-3-5-10(12)7-14/h3-6,8H,1-2H3. The third kappa shape index (κ3) is 1.96. The van der Waals surface area contributed by atoms with Crippen molar-refractivity contribution in [3.8, 4) is 6.07 Å². The number of amides is 1. The molecule has 90 valence electrons. The number of anilines is 1. The van der Waals surface area contributed by atoms with Crippen molar-refractivity contribution in [3.63, 3.8) is 0 Å². The van der Waals surface area contributed by atoms with Crippen LogP contribution in [0.1, 0.15) is 21.7 Å². The van der Waals surface area contributed by atoms with Crippen LogP contribution in [0, 0.1) is 18.3 Å². The molecule has 0 radical (unpaired) electrons. The van der Waals surface area contributed by atoms with Gasteiger partial charge in [0.1, 0.15) is 17.4 Å². The lowest BCUT2D eigenvalue weighted by Crippen LogP contribution is -2.27. The molecule has 1 heterocycles. The Labute approximate surface area is 104 Å². The van der Waals surface area contributed by atoms with Crippen molar-refractivity contribution in [2.45, 2.75) is 6.92 Å². The van der Waals surface area contributed by atoms with Gasteiger partial charge in [-0.05, 0) is 19.1 Å². The highest BCUT2D eigenvalue weighted by atomic mass is 16.5. The number of nitrogens with zero attached hydrogens (tertiary/aromatic N) is 3. The van der Waals surface area contributed by atoms with E-state index < -0.39 is 0 Å². The Morgan fingerprint density at radius 1 is 1.44 bits per heavy atom. The van der Waals surface area contributed by atoms with Crippen LogP contribution in [0.5, 0.6) is 0 Å². The Kier molecular flexibility index (Phi) is 3.11. The second-order valence-electron chi connectivity index (χ2n) is 3.79. The molecule has 0 N–H and O–H groups in total. The minimum atomic E-state index is -0.253. The molecule has 0 saturated carbocycles. The fourth-order valence-corrected chi connectivity index (χ4v) is 1.65. The zero-order chi connectivity index (χ0) is 13.1. The molecule has 0 aliphatic heterocycles. The van der Waals surface area contributed by atoms with Gasteiger partial charge in [0.05, 0.1) is 17.4 Å². The van der Waals surface area contributed by atoms with E-state index in [1.807, 2.05) is 0 Å². The molecule has 0 atom stereocenters. The topological polar surface area (TPSA) is 70.1 Å². The molecule has 1 aromatic carbocycles. The van der Waals surface area contributed by atoms with E-state index in [0.717, 1.165) is 0 Å². The number of hydrogen-bond donors (Lipinski definition) is 0. The zero-order valence-corrected chi connectivity index (χ0v) is 10.0. The molecule has 0 aliphatic carbocycles. The van der Waals surface area contributed by atoms with Gasteiger partial charge in [-0.2, -0.15) is 5.26 Å². The summed E-state index contributed by atoms with van der Waals surface area (Å²) in [5.41, 5.74) is 1.40. The molecule has 0 bridgehead atoms. The lowest BCUT2D eigenvalue weighted by Gasteiger charge is -2.17. The van der Waals surface area contributed by atoms with Gasteiger partial charge >= 0.3 is 0 Å². The number of benzene rings is 1. The minimum absolute atomic E-state index is 0.253. The van der Waals surface area contributed by atoms with E-state index in [4.69, 9.17) is 9.78 Å². The number of rotatable bonds is 2. The summed E-state index contributed by atoms with van der Waals surface area (Å²) in [4.78, 5) is 13.6. The number of nitriles is 1. The first kappa shape index (κ1) is 11.9. The van der Waals surface area contributed by atoms with Gasteiger partial charge in [-0.25, -0.2) is 0 Å². The van der Waals surface area contributed by atoms with Crippen molar-refractivity contribution in [1.82, 2.24) is 5.16 Å². The summed E-state index contributed by atoms with van der Waals surface area (Å²) in [5, 5.41) is 12.6. The Bertz CT molecular complexity index is 625. The van der Waals surface area contributed by atoms with Crippen molar-refractivity contribution in [2.75, 3.05) is 11.9 Å². The Morgan fingerprint density at radius 2 is 2.17 bits per heavy atom. The Hall–Kier alpha value is -2.61. The molecule has 0 spiro atoms. The van der Waals surface area contributed by atoms with Crippen LogP contribution in [0.2, 0.25) is 0 Å². The Morgan fingerprint density at radius 3 is 2.78 bits per heavy atom. The van der Waals surface area contributed by atoms with Crippen LogP contribution in [-0.2, 0) is 0 Å². The number of para-hydroxylation sites is 1. The summed E-state index contributed by atoms with van der Waals surface area (Å²) in [6.45, 7) is 1.67. The van der Waals surface area contributed by atoms with Crippen LogP contribution in [0.4, 0.5) is 5.69 Å². The molecule has 1 aromatic heterocycles. The molecule has 1 amide bonds. The van der Waals surface area contributed by atoms with Crippen LogP contribution in [0.15, 0.2) is 35.0 Å². The van der Waals surface area contributed by atoms with Crippen LogP contribution in [0.25, 0.3) is 0 Å². The molecule has 0 unspecified atom stereocenters. The number of carbonyl (C=O) groups is 1. The largest absolute Gasteiger partial charge is 0.361 e. The maximum Gasteiger partial charge on any atom is 0.263 e. The molecule has 0 aliphatic rings. The summed E-state index contributed by atoms with van der Waals surface area (Å²) >= 11 is 0.